The molecule has 0 radical (unpaired) electrons. The fourth-order valence-electron chi connectivity index (χ4n) is 3.28. The van der Waals surface area contributed by atoms with E-state index in [2.05, 4.69) is 106 Å². The Hall–Kier alpha value is -2.22. The fourth-order valence-corrected chi connectivity index (χ4v) is 3.28. The van der Waals surface area contributed by atoms with E-state index in [9.17, 15) is 0 Å². The van der Waals surface area contributed by atoms with Crippen molar-refractivity contribution in [2.45, 2.75) is 19.8 Å². The number of para-hydroxylation sites is 2. The van der Waals surface area contributed by atoms with Crippen LogP contribution < -0.4 is 9.80 Å². The maximum absolute atomic E-state index is 2.35. The molecule has 0 saturated heterocycles. The van der Waals surface area contributed by atoms with Crippen molar-refractivity contribution in [3.63, 3.8) is 0 Å². The van der Waals surface area contributed by atoms with E-state index < -0.39 is 0 Å². The highest BCUT2D eigenvalue weighted by Crippen LogP contribution is 2.27. The Labute approximate surface area is 147 Å². The second-order valence-corrected chi connectivity index (χ2v) is 6.74. The largest absolute Gasteiger partial charge is 0.377 e. The van der Waals surface area contributed by atoms with Crippen LogP contribution in [-0.4, -0.2) is 28.2 Å². The van der Waals surface area contributed by atoms with Gasteiger partial charge in [-0.3, -0.25) is 0 Å². The predicted octanol–water partition coefficient (Wildman–Crippen LogP) is 4.80. The maximum Gasteiger partial charge on any atom is 0.0393 e. The summed E-state index contributed by atoms with van der Waals surface area (Å²) in [4.78, 5) is 4.41. The fraction of sp³-hybridized carbons (Fsp3) is 0.364. The van der Waals surface area contributed by atoms with Gasteiger partial charge in [0.05, 0.1) is 0 Å². The van der Waals surface area contributed by atoms with E-state index in [1.165, 1.54) is 22.5 Å². The molecule has 0 atom stereocenters. The maximum atomic E-state index is 2.35. The van der Waals surface area contributed by atoms with Gasteiger partial charge in [-0.2, -0.15) is 0 Å². The molecule has 0 aliphatic rings. The molecule has 2 heteroatoms. The van der Waals surface area contributed by atoms with Gasteiger partial charge in [-0.1, -0.05) is 48.6 Å². The van der Waals surface area contributed by atoms with Crippen LogP contribution in [0.15, 0.2) is 60.7 Å². The number of benzene rings is 2. The average Bonchev–Trinajstić information content (AvgIpc) is 2.55. The second kappa shape index (κ2) is 8.58. The van der Waals surface area contributed by atoms with Crippen molar-refractivity contribution in [3.05, 3.63) is 71.8 Å². The van der Waals surface area contributed by atoms with Crippen LogP contribution in [0.25, 0.3) is 0 Å². The molecule has 0 amide bonds. The number of hydrogen-bond acceptors (Lipinski definition) is 2. The first-order valence-electron chi connectivity index (χ1n) is 8.66. The van der Waals surface area contributed by atoms with E-state index in [0.717, 1.165) is 12.8 Å². The third-order valence-electron chi connectivity index (χ3n) is 4.38. The lowest BCUT2D eigenvalue weighted by atomic mass is 9.90. The van der Waals surface area contributed by atoms with E-state index in [1.807, 2.05) is 0 Å². The van der Waals surface area contributed by atoms with Gasteiger partial charge in [0.2, 0.25) is 0 Å². The summed E-state index contributed by atoms with van der Waals surface area (Å²) in [5.74, 6) is 0.497. The van der Waals surface area contributed by atoms with E-state index in [0.29, 0.717) is 5.92 Å². The zero-order valence-corrected chi connectivity index (χ0v) is 15.7. The Balaban J connectivity index is 2.26. The molecule has 0 heterocycles. The lowest BCUT2D eigenvalue weighted by Crippen LogP contribution is -2.15. The highest BCUT2D eigenvalue weighted by molar-refractivity contribution is 5.54. The van der Waals surface area contributed by atoms with Crippen LogP contribution in [0.3, 0.4) is 0 Å². The molecule has 0 aromatic heterocycles. The van der Waals surface area contributed by atoms with E-state index in [4.69, 9.17) is 0 Å². The van der Waals surface area contributed by atoms with Crippen molar-refractivity contribution in [2.24, 2.45) is 5.92 Å². The monoisotopic (exact) mass is 322 g/mol. The van der Waals surface area contributed by atoms with Crippen LogP contribution in [-0.2, 0) is 12.8 Å². The van der Waals surface area contributed by atoms with Crippen LogP contribution in [0.5, 0.6) is 0 Å². The number of hydrogen-bond donors (Lipinski definition) is 0. The van der Waals surface area contributed by atoms with Crippen LogP contribution >= 0.6 is 0 Å². The van der Waals surface area contributed by atoms with Crippen molar-refractivity contribution in [2.75, 3.05) is 38.0 Å². The van der Waals surface area contributed by atoms with Crippen molar-refractivity contribution < 1.29 is 0 Å². The van der Waals surface area contributed by atoms with E-state index in [1.54, 1.807) is 0 Å². The summed E-state index contributed by atoms with van der Waals surface area (Å²) in [5.41, 5.74) is 5.45. The van der Waals surface area contributed by atoms with Crippen LogP contribution in [0, 0.1) is 5.92 Å². The molecule has 0 N–H and O–H groups in total. The molecule has 0 saturated carbocycles. The van der Waals surface area contributed by atoms with Gasteiger partial charge in [-0.25, -0.2) is 0 Å². The highest BCUT2D eigenvalue weighted by Gasteiger charge is 2.13. The molecule has 0 unspecified atom stereocenters. The standard InChI is InChI=1S/C22H30N2/c1-6-11-18(16-19-12-7-9-14-21(19)23(2)3)17-20-13-8-10-15-22(20)24(4)5/h6-15,18H,16-17H2,1-5H3. The van der Waals surface area contributed by atoms with E-state index in [-0.39, 0.29) is 0 Å². The topological polar surface area (TPSA) is 6.48 Å². The molecule has 128 valence electrons. The van der Waals surface area contributed by atoms with Crippen LogP contribution in [0.1, 0.15) is 18.1 Å². The number of anilines is 2. The lowest BCUT2D eigenvalue weighted by molar-refractivity contribution is 0.642. The van der Waals surface area contributed by atoms with Crippen molar-refractivity contribution in [1.82, 2.24) is 0 Å². The molecule has 2 aromatic rings. The molecule has 0 fully saturated rings. The summed E-state index contributed by atoms with van der Waals surface area (Å²) in [6, 6.07) is 17.4. The van der Waals surface area contributed by atoms with Gasteiger partial charge in [-0.05, 0) is 48.9 Å². The van der Waals surface area contributed by atoms with Crippen molar-refractivity contribution in [1.29, 1.82) is 0 Å². The number of rotatable bonds is 7. The van der Waals surface area contributed by atoms with Gasteiger partial charge in [0, 0.05) is 39.6 Å². The first kappa shape index (κ1) is 18.1. The number of nitrogens with zero attached hydrogens (tertiary/aromatic N) is 2. The van der Waals surface area contributed by atoms with Gasteiger partial charge >= 0.3 is 0 Å². The van der Waals surface area contributed by atoms with E-state index >= 15 is 0 Å². The molecule has 0 spiro atoms. The summed E-state index contributed by atoms with van der Waals surface area (Å²) in [6.45, 7) is 2.11. The molecule has 0 aliphatic carbocycles. The smallest absolute Gasteiger partial charge is 0.0393 e. The second-order valence-electron chi connectivity index (χ2n) is 6.74. The normalized spacial score (nSPS) is 11.2. The van der Waals surface area contributed by atoms with Crippen molar-refractivity contribution >= 4 is 11.4 Å². The van der Waals surface area contributed by atoms with Crippen LogP contribution in [0.4, 0.5) is 11.4 Å². The molecular formula is C22H30N2. The average molecular weight is 322 g/mol. The minimum Gasteiger partial charge on any atom is -0.377 e. The molecule has 2 aromatic carbocycles. The molecule has 2 nitrogen and oxygen atoms in total. The SMILES string of the molecule is CC=CC(Cc1ccccc1N(C)C)Cc1ccccc1N(C)C. The van der Waals surface area contributed by atoms with Gasteiger partial charge in [-0.15, -0.1) is 0 Å². The Kier molecular flexibility index (Phi) is 6.48. The molecule has 24 heavy (non-hydrogen) atoms. The highest BCUT2D eigenvalue weighted by atomic mass is 15.1. The Bertz CT molecular complexity index is 618. The quantitative estimate of drug-likeness (QED) is 0.676. The first-order chi connectivity index (χ1) is 11.5. The number of allylic oxidation sites excluding steroid dienone is 2. The summed E-state index contributed by atoms with van der Waals surface area (Å²) in [5, 5.41) is 0. The Morgan fingerprint density at radius 2 is 1.17 bits per heavy atom. The predicted molar refractivity (Wildman–Crippen MR) is 107 cm³/mol. The minimum atomic E-state index is 0.497. The zero-order valence-electron chi connectivity index (χ0n) is 15.7. The van der Waals surface area contributed by atoms with Gasteiger partial charge in [0.1, 0.15) is 0 Å². The summed E-state index contributed by atoms with van der Waals surface area (Å²) >= 11 is 0. The third-order valence-corrected chi connectivity index (χ3v) is 4.38. The third kappa shape index (κ3) is 4.64. The molecular weight excluding hydrogens is 292 g/mol. The van der Waals surface area contributed by atoms with Crippen molar-refractivity contribution in [3.8, 4) is 0 Å². The Morgan fingerprint density at radius 3 is 1.54 bits per heavy atom. The van der Waals surface area contributed by atoms with Gasteiger partial charge in [0.15, 0.2) is 0 Å². The summed E-state index contributed by atoms with van der Waals surface area (Å²) in [7, 11) is 8.46. The molecule has 0 aliphatic heterocycles. The molecule has 0 bridgehead atoms. The first-order valence-corrected chi connectivity index (χ1v) is 8.66. The summed E-state index contributed by atoms with van der Waals surface area (Å²) in [6.07, 6.45) is 6.64. The molecule has 2 rings (SSSR count). The Morgan fingerprint density at radius 1 is 0.750 bits per heavy atom. The summed E-state index contributed by atoms with van der Waals surface area (Å²) < 4.78 is 0. The minimum absolute atomic E-state index is 0.497. The zero-order chi connectivity index (χ0) is 17.5. The van der Waals surface area contributed by atoms with Gasteiger partial charge < -0.3 is 9.80 Å². The lowest BCUT2D eigenvalue weighted by Gasteiger charge is -2.22. The van der Waals surface area contributed by atoms with Crippen LogP contribution in [0.2, 0.25) is 0 Å². The van der Waals surface area contributed by atoms with Gasteiger partial charge in [0.25, 0.3) is 0 Å².